The quantitative estimate of drug-likeness (QED) is 0.686. The molecule has 2 aromatic heterocycles. The number of pyridine rings is 1. The van der Waals surface area contributed by atoms with Gasteiger partial charge in [0.05, 0.1) is 16.6 Å². The third-order valence-corrected chi connectivity index (χ3v) is 4.94. The largest absolute Gasteiger partial charge is 0.357 e. The lowest BCUT2D eigenvalue weighted by molar-refractivity contribution is -0.122. The van der Waals surface area contributed by atoms with Crippen LogP contribution in [-0.2, 0) is 4.79 Å². The van der Waals surface area contributed by atoms with Gasteiger partial charge in [0.15, 0.2) is 11.6 Å². The molecule has 1 aliphatic rings. The van der Waals surface area contributed by atoms with E-state index in [0.29, 0.717) is 11.1 Å². The van der Waals surface area contributed by atoms with Gasteiger partial charge in [-0.05, 0) is 43.5 Å². The average molecular weight is 400 g/mol. The maximum Gasteiger partial charge on any atom is 0.259 e. The van der Waals surface area contributed by atoms with Crippen molar-refractivity contribution < 1.29 is 22.9 Å². The summed E-state index contributed by atoms with van der Waals surface area (Å²) in [4.78, 5) is 29.9. The molecule has 150 valence electrons. The van der Waals surface area contributed by atoms with Crippen LogP contribution in [0.5, 0.6) is 0 Å². The van der Waals surface area contributed by atoms with Crippen molar-refractivity contribution in [2.45, 2.75) is 31.7 Å². The second-order valence-electron chi connectivity index (χ2n) is 7.01. The number of hydrogen-bond acceptors (Lipinski definition) is 5. The van der Waals surface area contributed by atoms with Crippen LogP contribution in [0.25, 0.3) is 11.1 Å². The molecule has 0 bridgehead atoms. The zero-order chi connectivity index (χ0) is 20.7. The minimum atomic E-state index is -1.21. The lowest BCUT2D eigenvalue weighted by atomic mass is 10.0. The van der Waals surface area contributed by atoms with E-state index in [9.17, 15) is 18.4 Å². The number of aromatic nitrogens is 2. The standard InChI is InChI=1S/C20H18F2N4O3/c1-9-16-12(8-15(10-3-4-10)24-20(16)29-26-9)18(27)25-17(19(28)23-2)11-5-6-13(21)14(22)7-11/h5-8,10,17H,3-4H2,1-2H3,(H,23,28)(H,25,27). The van der Waals surface area contributed by atoms with Crippen LogP contribution in [0, 0.1) is 18.6 Å². The molecule has 9 heteroatoms. The van der Waals surface area contributed by atoms with Crippen LogP contribution >= 0.6 is 0 Å². The fourth-order valence-electron chi connectivity index (χ4n) is 3.23. The molecule has 1 saturated carbocycles. The Morgan fingerprint density at radius 3 is 2.62 bits per heavy atom. The minimum absolute atomic E-state index is 0.117. The lowest BCUT2D eigenvalue weighted by Gasteiger charge is -2.18. The third-order valence-electron chi connectivity index (χ3n) is 4.94. The van der Waals surface area contributed by atoms with Crippen molar-refractivity contribution in [2.24, 2.45) is 0 Å². The Kier molecular flexibility index (Phi) is 4.73. The summed E-state index contributed by atoms with van der Waals surface area (Å²) in [6, 6.07) is 3.51. The summed E-state index contributed by atoms with van der Waals surface area (Å²) in [6.45, 7) is 1.69. The van der Waals surface area contributed by atoms with Crippen molar-refractivity contribution in [1.82, 2.24) is 20.8 Å². The molecule has 1 unspecified atom stereocenters. The van der Waals surface area contributed by atoms with Gasteiger partial charge in [-0.3, -0.25) is 9.59 Å². The highest BCUT2D eigenvalue weighted by molar-refractivity contribution is 6.07. The van der Waals surface area contributed by atoms with Gasteiger partial charge >= 0.3 is 0 Å². The molecule has 0 aliphatic heterocycles. The number of aryl methyl sites for hydroxylation is 1. The summed E-state index contributed by atoms with van der Waals surface area (Å²) < 4.78 is 32.2. The van der Waals surface area contributed by atoms with Gasteiger partial charge in [0.1, 0.15) is 6.04 Å². The predicted octanol–water partition coefficient (Wildman–Crippen LogP) is 2.90. The van der Waals surface area contributed by atoms with Crippen molar-refractivity contribution in [3.05, 3.63) is 58.4 Å². The Bertz CT molecular complexity index is 1120. The highest BCUT2D eigenvalue weighted by Crippen LogP contribution is 2.40. The first-order valence-corrected chi connectivity index (χ1v) is 9.13. The molecule has 1 atom stereocenters. The van der Waals surface area contributed by atoms with Crippen molar-refractivity contribution in [3.8, 4) is 0 Å². The van der Waals surface area contributed by atoms with E-state index >= 15 is 0 Å². The van der Waals surface area contributed by atoms with Gasteiger partial charge in [0.25, 0.3) is 11.6 Å². The van der Waals surface area contributed by atoms with E-state index in [-0.39, 0.29) is 22.8 Å². The normalized spacial score (nSPS) is 14.6. The molecule has 2 heterocycles. The Balaban J connectivity index is 1.73. The number of halogens is 2. The van der Waals surface area contributed by atoms with Gasteiger partial charge in [0, 0.05) is 18.7 Å². The highest BCUT2D eigenvalue weighted by atomic mass is 19.2. The number of carbonyl (C=O) groups excluding carboxylic acids is 2. The zero-order valence-corrected chi connectivity index (χ0v) is 15.8. The van der Waals surface area contributed by atoms with E-state index in [4.69, 9.17) is 4.52 Å². The van der Waals surface area contributed by atoms with Gasteiger partial charge < -0.3 is 15.2 Å². The monoisotopic (exact) mass is 400 g/mol. The Labute approximate surface area is 164 Å². The third kappa shape index (κ3) is 3.55. The first-order chi connectivity index (χ1) is 13.9. The number of fused-ring (bicyclic) bond motifs is 1. The van der Waals surface area contributed by atoms with Crippen LogP contribution in [0.4, 0.5) is 8.78 Å². The molecule has 2 N–H and O–H groups in total. The number of likely N-dealkylation sites (N-methyl/N-ethyl adjacent to an activating group) is 1. The molecule has 3 aromatic rings. The molecular weight excluding hydrogens is 382 g/mol. The Hall–Kier alpha value is -3.36. The van der Waals surface area contributed by atoms with E-state index in [2.05, 4.69) is 20.8 Å². The predicted molar refractivity (Wildman–Crippen MR) is 99.1 cm³/mol. The van der Waals surface area contributed by atoms with E-state index in [1.54, 1.807) is 13.0 Å². The number of benzene rings is 1. The van der Waals surface area contributed by atoms with Gasteiger partial charge in [0.2, 0.25) is 5.91 Å². The maximum absolute atomic E-state index is 13.7. The van der Waals surface area contributed by atoms with Gasteiger partial charge in [-0.1, -0.05) is 11.2 Å². The molecular formula is C20H18F2N4O3. The molecule has 0 radical (unpaired) electrons. The molecule has 4 rings (SSSR count). The SMILES string of the molecule is CNC(=O)C(NC(=O)c1cc(C2CC2)nc2onc(C)c12)c1ccc(F)c(F)c1. The summed E-state index contributed by atoms with van der Waals surface area (Å²) >= 11 is 0. The maximum atomic E-state index is 13.7. The Morgan fingerprint density at radius 1 is 1.21 bits per heavy atom. The molecule has 1 aliphatic carbocycles. The summed E-state index contributed by atoms with van der Waals surface area (Å²) in [5.74, 6) is -3.02. The smallest absolute Gasteiger partial charge is 0.259 e. The highest BCUT2D eigenvalue weighted by Gasteiger charge is 2.30. The van der Waals surface area contributed by atoms with Crippen molar-refractivity contribution >= 4 is 22.9 Å². The number of nitrogens with zero attached hydrogens (tertiary/aromatic N) is 2. The molecule has 0 spiro atoms. The second-order valence-corrected chi connectivity index (χ2v) is 7.01. The summed E-state index contributed by atoms with van der Waals surface area (Å²) in [5.41, 5.74) is 1.85. The summed E-state index contributed by atoms with van der Waals surface area (Å²) in [5, 5.41) is 9.36. The molecule has 7 nitrogen and oxygen atoms in total. The van der Waals surface area contributed by atoms with E-state index in [1.807, 2.05) is 0 Å². The van der Waals surface area contributed by atoms with Crippen molar-refractivity contribution in [3.63, 3.8) is 0 Å². The van der Waals surface area contributed by atoms with Gasteiger partial charge in [-0.15, -0.1) is 0 Å². The number of amides is 2. The van der Waals surface area contributed by atoms with Crippen LogP contribution in [0.2, 0.25) is 0 Å². The number of rotatable bonds is 5. The van der Waals surface area contributed by atoms with E-state index < -0.39 is 29.5 Å². The molecule has 1 fully saturated rings. The second kappa shape index (κ2) is 7.23. The van der Waals surface area contributed by atoms with E-state index in [1.165, 1.54) is 13.1 Å². The lowest BCUT2D eigenvalue weighted by Crippen LogP contribution is -2.39. The first kappa shape index (κ1) is 19.0. The van der Waals surface area contributed by atoms with Crippen LogP contribution in [-0.4, -0.2) is 29.0 Å². The fourth-order valence-corrected chi connectivity index (χ4v) is 3.23. The first-order valence-electron chi connectivity index (χ1n) is 9.13. The van der Waals surface area contributed by atoms with Gasteiger partial charge in [-0.2, -0.15) is 0 Å². The van der Waals surface area contributed by atoms with Crippen LogP contribution in [0.15, 0.2) is 28.8 Å². The minimum Gasteiger partial charge on any atom is -0.357 e. The number of carbonyl (C=O) groups is 2. The fraction of sp³-hybridized carbons (Fsp3) is 0.300. The van der Waals surface area contributed by atoms with Crippen molar-refractivity contribution in [1.29, 1.82) is 0 Å². The molecule has 29 heavy (non-hydrogen) atoms. The van der Waals surface area contributed by atoms with Gasteiger partial charge in [-0.25, -0.2) is 13.8 Å². The summed E-state index contributed by atoms with van der Waals surface area (Å²) in [6.07, 6.45) is 1.95. The number of hydrogen-bond donors (Lipinski definition) is 2. The summed E-state index contributed by atoms with van der Waals surface area (Å²) in [7, 11) is 1.39. The molecule has 2 amide bonds. The molecule has 1 aromatic carbocycles. The van der Waals surface area contributed by atoms with Crippen LogP contribution in [0.3, 0.4) is 0 Å². The zero-order valence-electron chi connectivity index (χ0n) is 15.8. The average Bonchev–Trinajstić information content (AvgIpc) is 3.50. The Morgan fingerprint density at radius 2 is 1.97 bits per heavy atom. The van der Waals surface area contributed by atoms with Crippen molar-refractivity contribution in [2.75, 3.05) is 7.05 Å². The topological polar surface area (TPSA) is 97.1 Å². The van der Waals surface area contributed by atoms with E-state index in [0.717, 1.165) is 30.7 Å². The van der Waals surface area contributed by atoms with Crippen LogP contribution < -0.4 is 10.6 Å². The van der Waals surface area contributed by atoms with Crippen LogP contribution in [0.1, 0.15) is 52.1 Å². The molecule has 0 saturated heterocycles. The number of nitrogens with one attached hydrogen (secondary N) is 2.